The first-order valence-corrected chi connectivity index (χ1v) is 8.12. The Hall–Kier alpha value is -2.00. The van der Waals surface area contributed by atoms with Gasteiger partial charge in [-0.3, -0.25) is 4.79 Å². The lowest BCUT2D eigenvalue weighted by Gasteiger charge is -2.15. The second-order valence-corrected chi connectivity index (χ2v) is 6.35. The van der Waals surface area contributed by atoms with Gasteiger partial charge in [-0.1, -0.05) is 37.6 Å². The first-order valence-electron chi connectivity index (χ1n) is 7.75. The predicted octanol–water partition coefficient (Wildman–Crippen LogP) is 4.66. The van der Waals surface area contributed by atoms with Crippen LogP contribution in [0.25, 0.3) is 0 Å². The van der Waals surface area contributed by atoms with Crippen LogP contribution in [-0.2, 0) is 0 Å². The maximum atomic E-state index is 12.1. The minimum Gasteiger partial charge on any atom is -0.491 e. The molecule has 1 atom stereocenters. The Morgan fingerprint density at radius 2 is 1.65 bits per heavy atom. The van der Waals surface area contributed by atoms with Gasteiger partial charge in [0.05, 0.1) is 6.04 Å². The number of halogens is 1. The van der Waals surface area contributed by atoms with Gasteiger partial charge in [-0.15, -0.1) is 0 Å². The largest absolute Gasteiger partial charge is 0.491 e. The van der Waals surface area contributed by atoms with Gasteiger partial charge < -0.3 is 10.1 Å². The number of carbonyl (C=O) groups is 1. The molecular formula is C19H22ClNO2. The molecule has 0 spiro atoms. The molecule has 23 heavy (non-hydrogen) atoms. The van der Waals surface area contributed by atoms with Crippen LogP contribution in [0.5, 0.6) is 5.75 Å². The lowest BCUT2D eigenvalue weighted by Crippen LogP contribution is -2.36. The van der Waals surface area contributed by atoms with Crippen molar-refractivity contribution in [2.24, 2.45) is 0 Å². The average Bonchev–Trinajstić information content (AvgIpc) is 2.54. The summed E-state index contributed by atoms with van der Waals surface area (Å²) in [5.41, 5.74) is 1.86. The van der Waals surface area contributed by atoms with Gasteiger partial charge in [0, 0.05) is 10.6 Å². The lowest BCUT2D eigenvalue weighted by atomic mass is 10.0. The number of amides is 1. The summed E-state index contributed by atoms with van der Waals surface area (Å²) < 4.78 is 5.72. The van der Waals surface area contributed by atoms with Crippen LogP contribution >= 0.6 is 11.6 Å². The number of carbonyl (C=O) groups excluding carboxylic acids is 1. The van der Waals surface area contributed by atoms with E-state index in [0.29, 0.717) is 23.1 Å². The van der Waals surface area contributed by atoms with Crippen LogP contribution in [0, 0.1) is 0 Å². The standard InChI is InChI=1S/C19H22ClNO2/c1-13(2)15-6-10-18(11-7-15)23-12-14(3)21-19(22)16-4-8-17(20)9-5-16/h4-11,13-14H,12H2,1-3H3,(H,21,22). The summed E-state index contributed by atoms with van der Waals surface area (Å²) in [7, 11) is 0. The number of benzene rings is 2. The first-order chi connectivity index (χ1) is 11.0. The molecule has 0 heterocycles. The molecule has 4 heteroatoms. The topological polar surface area (TPSA) is 38.3 Å². The highest BCUT2D eigenvalue weighted by atomic mass is 35.5. The first kappa shape index (κ1) is 17.4. The van der Waals surface area contributed by atoms with Crippen LogP contribution in [0.4, 0.5) is 0 Å². The zero-order valence-electron chi connectivity index (χ0n) is 13.7. The highest BCUT2D eigenvalue weighted by molar-refractivity contribution is 6.30. The second kappa shape index (κ2) is 8.02. The smallest absolute Gasteiger partial charge is 0.251 e. The van der Waals surface area contributed by atoms with E-state index in [9.17, 15) is 4.79 Å². The number of hydrogen-bond donors (Lipinski definition) is 1. The number of ether oxygens (including phenoxy) is 1. The van der Waals surface area contributed by atoms with Gasteiger partial charge in [-0.25, -0.2) is 0 Å². The Morgan fingerprint density at radius 1 is 1.04 bits per heavy atom. The minimum absolute atomic E-state index is 0.0945. The van der Waals surface area contributed by atoms with Gasteiger partial charge in [0.25, 0.3) is 5.91 Å². The van der Waals surface area contributed by atoms with Crippen LogP contribution in [-0.4, -0.2) is 18.6 Å². The molecule has 0 aliphatic carbocycles. The highest BCUT2D eigenvalue weighted by Gasteiger charge is 2.10. The van der Waals surface area contributed by atoms with Crippen molar-refractivity contribution < 1.29 is 9.53 Å². The molecule has 3 nitrogen and oxygen atoms in total. The normalized spacial score (nSPS) is 12.0. The molecule has 1 N–H and O–H groups in total. The van der Waals surface area contributed by atoms with Crippen LogP contribution < -0.4 is 10.1 Å². The van der Waals surface area contributed by atoms with Gasteiger partial charge >= 0.3 is 0 Å². The fraction of sp³-hybridized carbons (Fsp3) is 0.316. The molecule has 0 aliphatic heterocycles. The lowest BCUT2D eigenvalue weighted by molar-refractivity contribution is 0.0926. The molecule has 0 saturated heterocycles. The monoisotopic (exact) mass is 331 g/mol. The molecule has 0 radical (unpaired) electrons. The summed E-state index contributed by atoms with van der Waals surface area (Å²) in [6.45, 7) is 6.64. The third-order valence-corrected chi connectivity index (χ3v) is 3.78. The van der Waals surface area contributed by atoms with Gasteiger partial charge in [0.1, 0.15) is 12.4 Å². The number of rotatable bonds is 6. The van der Waals surface area contributed by atoms with E-state index in [2.05, 4.69) is 31.3 Å². The molecule has 0 aliphatic rings. The van der Waals surface area contributed by atoms with E-state index >= 15 is 0 Å². The molecule has 0 aromatic heterocycles. The van der Waals surface area contributed by atoms with Crippen LogP contribution in [0.3, 0.4) is 0 Å². The van der Waals surface area contributed by atoms with Crippen molar-refractivity contribution in [2.45, 2.75) is 32.7 Å². The highest BCUT2D eigenvalue weighted by Crippen LogP contribution is 2.18. The van der Waals surface area contributed by atoms with E-state index < -0.39 is 0 Å². The number of nitrogens with one attached hydrogen (secondary N) is 1. The van der Waals surface area contributed by atoms with E-state index in [-0.39, 0.29) is 11.9 Å². The minimum atomic E-state index is -0.132. The summed E-state index contributed by atoms with van der Waals surface area (Å²) in [5, 5.41) is 3.52. The van der Waals surface area contributed by atoms with Crippen molar-refractivity contribution in [3.63, 3.8) is 0 Å². The fourth-order valence-corrected chi connectivity index (χ4v) is 2.25. The maximum absolute atomic E-state index is 12.1. The summed E-state index contributed by atoms with van der Waals surface area (Å²) in [5.74, 6) is 1.18. The fourth-order valence-electron chi connectivity index (χ4n) is 2.12. The van der Waals surface area contributed by atoms with Crippen molar-refractivity contribution in [1.82, 2.24) is 5.32 Å². The average molecular weight is 332 g/mol. The van der Waals surface area contributed by atoms with Crippen LogP contribution in [0.2, 0.25) is 5.02 Å². The predicted molar refractivity (Wildman–Crippen MR) is 94.4 cm³/mol. The quantitative estimate of drug-likeness (QED) is 0.836. The van der Waals surface area contributed by atoms with Gasteiger partial charge in [-0.2, -0.15) is 0 Å². The Morgan fingerprint density at radius 3 is 2.22 bits per heavy atom. The molecule has 0 saturated carbocycles. The molecule has 2 rings (SSSR count). The van der Waals surface area contributed by atoms with E-state index in [4.69, 9.17) is 16.3 Å². The Balaban J connectivity index is 1.83. The zero-order chi connectivity index (χ0) is 16.8. The summed E-state index contributed by atoms with van der Waals surface area (Å²) >= 11 is 5.82. The molecule has 2 aromatic carbocycles. The maximum Gasteiger partial charge on any atom is 0.251 e. The van der Waals surface area contributed by atoms with Crippen molar-refractivity contribution in [3.05, 3.63) is 64.7 Å². The van der Waals surface area contributed by atoms with E-state index in [0.717, 1.165) is 5.75 Å². The Bertz CT molecular complexity index is 635. The van der Waals surface area contributed by atoms with Crippen molar-refractivity contribution >= 4 is 17.5 Å². The van der Waals surface area contributed by atoms with Gasteiger partial charge in [-0.05, 0) is 54.8 Å². The van der Waals surface area contributed by atoms with E-state index in [1.807, 2.05) is 19.1 Å². The molecular weight excluding hydrogens is 310 g/mol. The van der Waals surface area contributed by atoms with Crippen molar-refractivity contribution in [1.29, 1.82) is 0 Å². The van der Waals surface area contributed by atoms with Crippen molar-refractivity contribution in [2.75, 3.05) is 6.61 Å². The molecule has 0 bridgehead atoms. The van der Waals surface area contributed by atoms with E-state index in [1.54, 1.807) is 24.3 Å². The van der Waals surface area contributed by atoms with Gasteiger partial charge in [0.15, 0.2) is 0 Å². The SMILES string of the molecule is CC(COc1ccc(C(C)C)cc1)NC(=O)c1ccc(Cl)cc1. The second-order valence-electron chi connectivity index (χ2n) is 5.92. The van der Waals surface area contributed by atoms with E-state index in [1.165, 1.54) is 5.56 Å². The number of hydrogen-bond acceptors (Lipinski definition) is 2. The molecule has 122 valence electrons. The summed E-state index contributed by atoms with van der Waals surface area (Å²) in [6.07, 6.45) is 0. The van der Waals surface area contributed by atoms with Crippen LogP contribution in [0.1, 0.15) is 42.6 Å². The zero-order valence-corrected chi connectivity index (χ0v) is 14.4. The third kappa shape index (κ3) is 5.29. The molecule has 1 unspecified atom stereocenters. The third-order valence-electron chi connectivity index (χ3n) is 3.53. The Labute approximate surface area is 142 Å². The molecule has 2 aromatic rings. The van der Waals surface area contributed by atoms with Crippen molar-refractivity contribution in [3.8, 4) is 5.75 Å². The summed E-state index contributed by atoms with van der Waals surface area (Å²) in [4.78, 5) is 12.1. The van der Waals surface area contributed by atoms with Gasteiger partial charge in [0.2, 0.25) is 0 Å². The Kier molecular flexibility index (Phi) is 6.05. The summed E-state index contributed by atoms with van der Waals surface area (Å²) in [6, 6.07) is 14.8. The molecule has 1 amide bonds. The molecule has 0 fully saturated rings. The van der Waals surface area contributed by atoms with Crippen LogP contribution in [0.15, 0.2) is 48.5 Å².